The average molecular weight is 258 g/mol. The normalized spacial score (nSPS) is 23.6. The molecule has 4 nitrogen and oxygen atoms in total. The molecule has 0 spiro atoms. The van der Waals surface area contributed by atoms with Crippen LogP contribution in [-0.4, -0.2) is 14.5 Å². The number of hydrogen-bond acceptors (Lipinski definition) is 3. The summed E-state index contributed by atoms with van der Waals surface area (Å²) in [6, 6.07) is 3.47. The SMILES string of the molecule is CCC1CC1NS(=O)(=O)c1cc(N)ccc1F. The molecule has 0 amide bonds. The van der Waals surface area contributed by atoms with Gasteiger partial charge < -0.3 is 5.73 Å². The quantitative estimate of drug-likeness (QED) is 0.804. The molecule has 1 aromatic rings. The minimum atomic E-state index is -3.80. The predicted octanol–water partition coefficient (Wildman–Crippen LogP) is 1.48. The minimum Gasteiger partial charge on any atom is -0.399 e. The Bertz CT molecular complexity index is 530. The minimum absolute atomic E-state index is 0.0640. The van der Waals surface area contributed by atoms with Crippen LogP contribution in [0.5, 0.6) is 0 Å². The van der Waals surface area contributed by atoms with Crippen molar-refractivity contribution in [3.63, 3.8) is 0 Å². The van der Waals surface area contributed by atoms with Crippen LogP contribution in [0.2, 0.25) is 0 Å². The second kappa shape index (κ2) is 4.27. The Balaban J connectivity index is 2.23. The van der Waals surface area contributed by atoms with Crippen molar-refractivity contribution in [2.24, 2.45) is 5.92 Å². The van der Waals surface area contributed by atoms with Gasteiger partial charge >= 0.3 is 0 Å². The van der Waals surface area contributed by atoms with Crippen LogP contribution in [-0.2, 0) is 10.0 Å². The summed E-state index contributed by atoms with van der Waals surface area (Å²) in [4.78, 5) is -0.376. The van der Waals surface area contributed by atoms with Gasteiger partial charge in [-0.05, 0) is 30.5 Å². The van der Waals surface area contributed by atoms with Crippen molar-refractivity contribution < 1.29 is 12.8 Å². The molecule has 0 bridgehead atoms. The lowest BCUT2D eigenvalue weighted by Gasteiger charge is -2.07. The van der Waals surface area contributed by atoms with Gasteiger partial charge in [0.2, 0.25) is 10.0 Å². The van der Waals surface area contributed by atoms with E-state index in [1.807, 2.05) is 6.92 Å². The second-order valence-electron chi connectivity index (χ2n) is 4.32. The van der Waals surface area contributed by atoms with Crippen LogP contribution in [0.15, 0.2) is 23.1 Å². The monoisotopic (exact) mass is 258 g/mol. The Hall–Kier alpha value is -1.14. The van der Waals surface area contributed by atoms with Gasteiger partial charge in [0, 0.05) is 11.7 Å². The van der Waals surface area contributed by atoms with Crippen molar-refractivity contribution in [1.29, 1.82) is 0 Å². The molecular formula is C11H15FN2O2S. The van der Waals surface area contributed by atoms with Crippen LogP contribution in [0, 0.1) is 11.7 Å². The van der Waals surface area contributed by atoms with E-state index < -0.39 is 15.8 Å². The van der Waals surface area contributed by atoms with E-state index >= 15 is 0 Å². The first-order chi connectivity index (χ1) is 7.94. The van der Waals surface area contributed by atoms with E-state index in [9.17, 15) is 12.8 Å². The number of rotatable bonds is 4. The van der Waals surface area contributed by atoms with Crippen molar-refractivity contribution >= 4 is 15.7 Å². The van der Waals surface area contributed by atoms with Gasteiger partial charge in [-0.3, -0.25) is 0 Å². The Kier molecular flexibility index (Phi) is 3.09. The molecule has 1 fully saturated rings. The summed E-state index contributed by atoms with van der Waals surface area (Å²) in [6.45, 7) is 2.00. The summed E-state index contributed by atoms with van der Waals surface area (Å²) in [5.41, 5.74) is 5.70. The lowest BCUT2D eigenvalue weighted by molar-refractivity contribution is 0.553. The van der Waals surface area contributed by atoms with Gasteiger partial charge in [0.05, 0.1) is 0 Å². The Morgan fingerprint density at radius 2 is 2.24 bits per heavy atom. The van der Waals surface area contributed by atoms with Crippen molar-refractivity contribution in [2.45, 2.75) is 30.7 Å². The summed E-state index contributed by atoms with van der Waals surface area (Å²) in [7, 11) is -3.80. The average Bonchev–Trinajstić information content (AvgIpc) is 2.99. The third kappa shape index (κ3) is 2.58. The number of nitrogens with one attached hydrogen (secondary N) is 1. The van der Waals surface area contributed by atoms with Gasteiger partial charge in [-0.25, -0.2) is 17.5 Å². The first-order valence-electron chi connectivity index (χ1n) is 5.51. The van der Waals surface area contributed by atoms with E-state index in [-0.39, 0.29) is 16.6 Å². The van der Waals surface area contributed by atoms with E-state index in [1.54, 1.807) is 0 Å². The van der Waals surface area contributed by atoms with Crippen molar-refractivity contribution in [2.75, 3.05) is 5.73 Å². The summed E-state index contributed by atoms with van der Waals surface area (Å²) >= 11 is 0. The van der Waals surface area contributed by atoms with Crippen LogP contribution in [0.1, 0.15) is 19.8 Å². The van der Waals surface area contributed by atoms with Crippen LogP contribution in [0.25, 0.3) is 0 Å². The maximum atomic E-state index is 13.4. The summed E-state index contributed by atoms with van der Waals surface area (Å²) in [6.07, 6.45) is 1.74. The number of sulfonamides is 1. The molecule has 3 N–H and O–H groups in total. The molecule has 0 aliphatic heterocycles. The van der Waals surface area contributed by atoms with E-state index in [1.165, 1.54) is 6.07 Å². The van der Waals surface area contributed by atoms with Gasteiger partial charge in [-0.15, -0.1) is 0 Å². The van der Waals surface area contributed by atoms with Crippen molar-refractivity contribution in [3.8, 4) is 0 Å². The number of nitrogen functional groups attached to an aromatic ring is 1. The fourth-order valence-corrected chi connectivity index (χ4v) is 3.26. The van der Waals surface area contributed by atoms with Gasteiger partial charge in [0.1, 0.15) is 10.7 Å². The Morgan fingerprint density at radius 1 is 1.53 bits per heavy atom. The molecule has 0 saturated heterocycles. The first kappa shape index (κ1) is 12.3. The van der Waals surface area contributed by atoms with Crippen molar-refractivity contribution in [3.05, 3.63) is 24.0 Å². The van der Waals surface area contributed by atoms with E-state index in [2.05, 4.69) is 4.72 Å². The molecule has 1 saturated carbocycles. The molecule has 17 heavy (non-hydrogen) atoms. The van der Waals surface area contributed by atoms with E-state index in [0.717, 1.165) is 25.0 Å². The highest BCUT2D eigenvalue weighted by atomic mass is 32.2. The number of hydrogen-bond donors (Lipinski definition) is 2. The summed E-state index contributed by atoms with van der Waals surface area (Å²) < 4.78 is 39.8. The third-order valence-electron chi connectivity index (χ3n) is 3.00. The summed E-state index contributed by atoms with van der Waals surface area (Å²) in [5, 5.41) is 0. The highest BCUT2D eigenvalue weighted by Gasteiger charge is 2.39. The van der Waals surface area contributed by atoms with E-state index in [0.29, 0.717) is 5.92 Å². The maximum Gasteiger partial charge on any atom is 0.243 e. The zero-order valence-electron chi connectivity index (χ0n) is 9.48. The topological polar surface area (TPSA) is 72.2 Å². The Labute approximate surface area is 100 Å². The van der Waals surface area contributed by atoms with Crippen LogP contribution >= 0.6 is 0 Å². The van der Waals surface area contributed by atoms with Crippen molar-refractivity contribution in [1.82, 2.24) is 4.72 Å². The summed E-state index contributed by atoms with van der Waals surface area (Å²) in [5.74, 6) is -0.408. The maximum absolute atomic E-state index is 13.4. The fraction of sp³-hybridized carbons (Fsp3) is 0.455. The molecule has 2 atom stereocenters. The molecule has 6 heteroatoms. The smallest absolute Gasteiger partial charge is 0.243 e. The molecule has 1 aliphatic rings. The standard InChI is InChI=1S/C11H15FN2O2S/c1-2-7-5-10(7)14-17(15,16)11-6-8(13)3-4-9(11)12/h3-4,6-7,10,14H,2,5,13H2,1H3. The lowest BCUT2D eigenvalue weighted by atomic mass is 10.3. The van der Waals surface area contributed by atoms with Crippen LogP contribution in [0.3, 0.4) is 0 Å². The highest BCUT2D eigenvalue weighted by Crippen LogP contribution is 2.34. The van der Waals surface area contributed by atoms with Gasteiger partial charge in [-0.1, -0.05) is 13.3 Å². The molecule has 2 rings (SSSR count). The molecule has 1 aliphatic carbocycles. The molecule has 1 aromatic carbocycles. The van der Waals surface area contributed by atoms with Gasteiger partial charge in [0.15, 0.2) is 0 Å². The molecule has 94 valence electrons. The van der Waals surface area contributed by atoms with Crippen LogP contribution in [0.4, 0.5) is 10.1 Å². The number of halogens is 1. The fourth-order valence-electron chi connectivity index (χ4n) is 1.83. The van der Waals surface area contributed by atoms with Gasteiger partial charge in [0.25, 0.3) is 0 Å². The molecule has 0 heterocycles. The zero-order valence-corrected chi connectivity index (χ0v) is 10.3. The lowest BCUT2D eigenvalue weighted by Crippen LogP contribution is -2.28. The highest BCUT2D eigenvalue weighted by molar-refractivity contribution is 7.89. The second-order valence-corrected chi connectivity index (χ2v) is 6.00. The molecule has 2 unspecified atom stereocenters. The van der Waals surface area contributed by atoms with Crippen LogP contribution < -0.4 is 10.5 Å². The number of anilines is 1. The molecule has 0 radical (unpaired) electrons. The zero-order chi connectivity index (χ0) is 12.6. The molecular weight excluding hydrogens is 243 g/mol. The largest absolute Gasteiger partial charge is 0.399 e. The number of benzene rings is 1. The molecule has 0 aromatic heterocycles. The Morgan fingerprint density at radius 3 is 2.82 bits per heavy atom. The van der Waals surface area contributed by atoms with Gasteiger partial charge in [-0.2, -0.15) is 0 Å². The third-order valence-corrected chi connectivity index (χ3v) is 4.50. The predicted molar refractivity (Wildman–Crippen MR) is 63.3 cm³/mol. The number of nitrogens with two attached hydrogens (primary N) is 1. The first-order valence-corrected chi connectivity index (χ1v) is 6.99. The van der Waals surface area contributed by atoms with E-state index in [4.69, 9.17) is 5.73 Å².